The van der Waals surface area contributed by atoms with Gasteiger partial charge in [0, 0.05) is 13.0 Å². The molecule has 5 nitrogen and oxygen atoms in total. The molecule has 0 aliphatic heterocycles. The molecule has 2 rings (SSSR count). The van der Waals surface area contributed by atoms with Gasteiger partial charge in [-0.1, -0.05) is 43.2 Å². The minimum Gasteiger partial charge on any atom is -0.480 e. The van der Waals surface area contributed by atoms with Gasteiger partial charge in [-0.3, -0.25) is 0 Å². The zero-order valence-electron chi connectivity index (χ0n) is 12.0. The summed E-state index contributed by atoms with van der Waals surface area (Å²) in [5, 5.41) is 14.5. The third-order valence-corrected chi connectivity index (χ3v) is 3.91. The third-order valence-electron chi connectivity index (χ3n) is 3.91. The number of amides is 2. The summed E-state index contributed by atoms with van der Waals surface area (Å²) in [5.74, 6) is -0.483. The number of carbonyl (C=O) groups is 2. The van der Waals surface area contributed by atoms with Crippen molar-refractivity contribution in [1.82, 2.24) is 10.6 Å². The fourth-order valence-electron chi connectivity index (χ4n) is 2.71. The number of rotatable bonds is 6. The van der Waals surface area contributed by atoms with Crippen molar-refractivity contribution in [3.05, 3.63) is 35.9 Å². The number of hydrogen-bond donors (Lipinski definition) is 3. The molecule has 2 amide bonds. The summed E-state index contributed by atoms with van der Waals surface area (Å²) in [5.41, 5.74) is 0.890. The number of urea groups is 1. The van der Waals surface area contributed by atoms with Crippen molar-refractivity contribution in [3.8, 4) is 0 Å². The lowest BCUT2D eigenvalue weighted by molar-refractivity contribution is -0.139. The Bertz CT molecular complexity index is 470. The summed E-state index contributed by atoms with van der Waals surface area (Å²) >= 11 is 0. The van der Waals surface area contributed by atoms with E-state index in [1.165, 1.54) is 12.8 Å². The smallest absolute Gasteiger partial charge is 0.326 e. The lowest BCUT2D eigenvalue weighted by Gasteiger charge is -2.16. The third kappa shape index (κ3) is 5.10. The summed E-state index contributed by atoms with van der Waals surface area (Å²) in [7, 11) is 0. The van der Waals surface area contributed by atoms with Crippen LogP contribution >= 0.6 is 0 Å². The molecule has 0 radical (unpaired) electrons. The van der Waals surface area contributed by atoms with Crippen LogP contribution in [0.3, 0.4) is 0 Å². The Morgan fingerprint density at radius 3 is 2.48 bits per heavy atom. The van der Waals surface area contributed by atoms with Crippen LogP contribution in [0.1, 0.15) is 31.2 Å². The number of nitrogens with one attached hydrogen (secondary N) is 2. The maximum absolute atomic E-state index is 11.8. The van der Waals surface area contributed by atoms with Gasteiger partial charge in [0.15, 0.2) is 0 Å². The van der Waals surface area contributed by atoms with Crippen LogP contribution in [-0.4, -0.2) is 29.7 Å². The van der Waals surface area contributed by atoms with Crippen molar-refractivity contribution in [2.24, 2.45) is 5.92 Å². The molecule has 5 heteroatoms. The molecule has 0 aromatic heterocycles. The quantitative estimate of drug-likeness (QED) is 0.751. The molecule has 1 fully saturated rings. The van der Waals surface area contributed by atoms with Crippen LogP contribution in [0.5, 0.6) is 0 Å². The zero-order chi connectivity index (χ0) is 15.1. The Hall–Kier alpha value is -2.04. The van der Waals surface area contributed by atoms with Crippen LogP contribution < -0.4 is 10.6 Å². The molecule has 1 aliphatic carbocycles. The highest BCUT2D eigenvalue weighted by atomic mass is 16.4. The Morgan fingerprint density at radius 2 is 1.86 bits per heavy atom. The minimum atomic E-state index is -1.02. The fourth-order valence-corrected chi connectivity index (χ4v) is 2.71. The van der Waals surface area contributed by atoms with Gasteiger partial charge in [-0.2, -0.15) is 0 Å². The first-order valence-electron chi connectivity index (χ1n) is 7.46. The molecule has 1 aromatic rings. The van der Waals surface area contributed by atoms with Crippen LogP contribution in [0.4, 0.5) is 4.79 Å². The van der Waals surface area contributed by atoms with Gasteiger partial charge in [0.2, 0.25) is 0 Å². The predicted octanol–water partition coefficient (Wildman–Crippen LogP) is 2.17. The number of benzene rings is 1. The van der Waals surface area contributed by atoms with E-state index in [1.807, 2.05) is 30.3 Å². The predicted molar refractivity (Wildman–Crippen MR) is 80.1 cm³/mol. The van der Waals surface area contributed by atoms with E-state index in [4.69, 9.17) is 0 Å². The van der Waals surface area contributed by atoms with E-state index in [9.17, 15) is 14.7 Å². The fraction of sp³-hybridized carbons (Fsp3) is 0.500. The molecule has 0 bridgehead atoms. The largest absolute Gasteiger partial charge is 0.480 e. The summed E-state index contributed by atoms with van der Waals surface area (Å²) in [4.78, 5) is 23.1. The van der Waals surface area contributed by atoms with Crippen molar-refractivity contribution < 1.29 is 14.7 Å². The molecule has 1 aliphatic rings. The van der Waals surface area contributed by atoms with E-state index in [-0.39, 0.29) is 6.42 Å². The average Bonchev–Trinajstić information content (AvgIpc) is 2.99. The standard InChI is InChI=1S/C16H22N2O3/c19-15(20)14(10-12-6-2-1-3-7-12)18-16(21)17-11-13-8-4-5-9-13/h1-3,6-7,13-14H,4-5,8-11H2,(H,19,20)(H2,17,18,21). The molecule has 1 atom stereocenters. The van der Waals surface area contributed by atoms with Crippen LogP contribution in [0.2, 0.25) is 0 Å². The highest BCUT2D eigenvalue weighted by Gasteiger charge is 2.21. The van der Waals surface area contributed by atoms with Crippen LogP contribution in [0, 0.1) is 5.92 Å². The molecule has 0 saturated heterocycles. The van der Waals surface area contributed by atoms with E-state index < -0.39 is 18.0 Å². The van der Waals surface area contributed by atoms with Gasteiger partial charge in [-0.25, -0.2) is 9.59 Å². The average molecular weight is 290 g/mol. The minimum absolute atomic E-state index is 0.285. The van der Waals surface area contributed by atoms with Crippen molar-refractivity contribution >= 4 is 12.0 Å². The second-order valence-electron chi connectivity index (χ2n) is 5.59. The van der Waals surface area contributed by atoms with Gasteiger partial charge in [0.05, 0.1) is 0 Å². The first-order chi connectivity index (χ1) is 10.1. The van der Waals surface area contributed by atoms with Crippen LogP contribution in [-0.2, 0) is 11.2 Å². The van der Waals surface area contributed by atoms with Gasteiger partial charge in [0.25, 0.3) is 0 Å². The zero-order valence-corrected chi connectivity index (χ0v) is 12.0. The number of carboxylic acids is 1. The normalized spacial score (nSPS) is 16.4. The Morgan fingerprint density at radius 1 is 1.19 bits per heavy atom. The Balaban J connectivity index is 1.81. The molecule has 21 heavy (non-hydrogen) atoms. The summed E-state index contributed by atoms with van der Waals surface area (Å²) in [6, 6.07) is 7.99. The van der Waals surface area contributed by atoms with E-state index in [2.05, 4.69) is 10.6 Å². The van der Waals surface area contributed by atoms with Crippen molar-refractivity contribution in [1.29, 1.82) is 0 Å². The molecule has 1 unspecified atom stereocenters. The topological polar surface area (TPSA) is 78.4 Å². The molecule has 3 N–H and O–H groups in total. The van der Waals surface area contributed by atoms with E-state index in [1.54, 1.807) is 0 Å². The van der Waals surface area contributed by atoms with Crippen molar-refractivity contribution in [2.75, 3.05) is 6.54 Å². The maximum Gasteiger partial charge on any atom is 0.326 e. The Kier molecular flexibility index (Phi) is 5.60. The lowest BCUT2D eigenvalue weighted by atomic mass is 10.1. The van der Waals surface area contributed by atoms with E-state index in [0.29, 0.717) is 12.5 Å². The maximum atomic E-state index is 11.8. The number of carboxylic acid groups (broad SMARTS) is 1. The van der Waals surface area contributed by atoms with Gasteiger partial charge < -0.3 is 15.7 Å². The number of hydrogen-bond acceptors (Lipinski definition) is 2. The Labute approximate surface area is 124 Å². The molecule has 1 aromatic carbocycles. The van der Waals surface area contributed by atoms with Crippen molar-refractivity contribution in [3.63, 3.8) is 0 Å². The molecular formula is C16H22N2O3. The van der Waals surface area contributed by atoms with Gasteiger partial charge in [-0.05, 0) is 24.3 Å². The van der Waals surface area contributed by atoms with Crippen molar-refractivity contribution in [2.45, 2.75) is 38.1 Å². The molecule has 1 saturated carbocycles. The van der Waals surface area contributed by atoms with Gasteiger partial charge >= 0.3 is 12.0 Å². The lowest BCUT2D eigenvalue weighted by Crippen LogP contribution is -2.47. The molecular weight excluding hydrogens is 268 g/mol. The summed E-state index contributed by atoms with van der Waals surface area (Å²) in [6.07, 6.45) is 5.02. The molecule has 114 valence electrons. The highest BCUT2D eigenvalue weighted by Crippen LogP contribution is 2.23. The first-order valence-corrected chi connectivity index (χ1v) is 7.46. The first kappa shape index (κ1) is 15.4. The van der Waals surface area contributed by atoms with Gasteiger partial charge in [0.1, 0.15) is 6.04 Å². The summed E-state index contributed by atoms with van der Waals surface area (Å²) < 4.78 is 0. The second kappa shape index (κ2) is 7.67. The summed E-state index contributed by atoms with van der Waals surface area (Å²) in [6.45, 7) is 0.628. The number of aliphatic carboxylic acids is 1. The molecule has 0 spiro atoms. The number of carbonyl (C=O) groups excluding carboxylic acids is 1. The van der Waals surface area contributed by atoms with Gasteiger partial charge in [-0.15, -0.1) is 0 Å². The van der Waals surface area contributed by atoms with Crippen LogP contribution in [0.25, 0.3) is 0 Å². The monoisotopic (exact) mass is 290 g/mol. The van der Waals surface area contributed by atoms with E-state index in [0.717, 1.165) is 18.4 Å². The molecule has 0 heterocycles. The highest BCUT2D eigenvalue weighted by molar-refractivity contribution is 5.82. The second-order valence-corrected chi connectivity index (χ2v) is 5.59. The van der Waals surface area contributed by atoms with Crippen LogP contribution in [0.15, 0.2) is 30.3 Å². The SMILES string of the molecule is O=C(NCC1CCCC1)NC(Cc1ccccc1)C(=O)O. The van der Waals surface area contributed by atoms with E-state index >= 15 is 0 Å².